The van der Waals surface area contributed by atoms with Crippen LogP contribution in [0, 0.1) is 0 Å². The molecule has 2 rings (SSSR count). The SMILES string of the molecule is CNc1cnc(CN2CCCCCC2CO)cn1. The van der Waals surface area contributed by atoms with Gasteiger partial charge < -0.3 is 10.4 Å². The lowest BCUT2D eigenvalue weighted by Crippen LogP contribution is -2.37. The number of aromatic nitrogens is 2. The molecule has 1 saturated heterocycles. The van der Waals surface area contributed by atoms with Crippen LogP contribution in [0.3, 0.4) is 0 Å². The molecule has 1 aliphatic rings. The van der Waals surface area contributed by atoms with Crippen LogP contribution < -0.4 is 5.32 Å². The van der Waals surface area contributed by atoms with Crippen molar-refractivity contribution in [3.05, 3.63) is 18.1 Å². The predicted molar refractivity (Wildman–Crippen MR) is 71.3 cm³/mol. The molecule has 0 aromatic carbocycles. The molecule has 2 N–H and O–H groups in total. The van der Waals surface area contributed by atoms with Gasteiger partial charge in [0.25, 0.3) is 0 Å². The van der Waals surface area contributed by atoms with Crippen LogP contribution in [0.2, 0.25) is 0 Å². The van der Waals surface area contributed by atoms with Crippen molar-refractivity contribution in [2.75, 3.05) is 25.5 Å². The molecule has 1 aromatic rings. The quantitative estimate of drug-likeness (QED) is 0.842. The van der Waals surface area contributed by atoms with Gasteiger partial charge in [-0.1, -0.05) is 12.8 Å². The first-order valence-electron chi connectivity index (χ1n) is 6.67. The van der Waals surface area contributed by atoms with Crippen LogP contribution in [0.5, 0.6) is 0 Å². The Morgan fingerprint density at radius 2 is 2.22 bits per heavy atom. The van der Waals surface area contributed by atoms with Crippen LogP contribution >= 0.6 is 0 Å². The Labute approximate surface area is 108 Å². The van der Waals surface area contributed by atoms with Gasteiger partial charge in [0.2, 0.25) is 0 Å². The Morgan fingerprint density at radius 3 is 2.89 bits per heavy atom. The molecule has 0 radical (unpaired) electrons. The molecule has 5 nitrogen and oxygen atoms in total. The zero-order valence-corrected chi connectivity index (χ0v) is 11.0. The summed E-state index contributed by atoms with van der Waals surface area (Å²) < 4.78 is 0. The molecule has 0 bridgehead atoms. The first-order valence-corrected chi connectivity index (χ1v) is 6.67. The molecule has 1 atom stereocenters. The van der Waals surface area contributed by atoms with E-state index in [1.165, 1.54) is 19.3 Å². The second-order valence-corrected chi connectivity index (χ2v) is 4.80. The van der Waals surface area contributed by atoms with Crippen molar-refractivity contribution in [3.8, 4) is 0 Å². The molecular formula is C13H22N4O. The summed E-state index contributed by atoms with van der Waals surface area (Å²) in [5.41, 5.74) is 0.967. The second-order valence-electron chi connectivity index (χ2n) is 4.80. The summed E-state index contributed by atoms with van der Waals surface area (Å²) in [6, 6.07) is 0.276. The van der Waals surface area contributed by atoms with E-state index >= 15 is 0 Å². The fourth-order valence-corrected chi connectivity index (χ4v) is 2.43. The Bertz CT molecular complexity index is 355. The molecule has 18 heavy (non-hydrogen) atoms. The molecular weight excluding hydrogens is 228 g/mol. The average molecular weight is 250 g/mol. The maximum absolute atomic E-state index is 9.46. The van der Waals surface area contributed by atoms with Crippen molar-refractivity contribution < 1.29 is 5.11 Å². The minimum Gasteiger partial charge on any atom is -0.395 e. The van der Waals surface area contributed by atoms with E-state index in [0.717, 1.165) is 31.0 Å². The number of aliphatic hydroxyl groups is 1. The van der Waals surface area contributed by atoms with Crippen molar-refractivity contribution in [2.45, 2.75) is 38.3 Å². The summed E-state index contributed by atoms with van der Waals surface area (Å²) in [6.07, 6.45) is 8.33. The number of likely N-dealkylation sites (tertiary alicyclic amines) is 1. The van der Waals surface area contributed by atoms with Crippen LogP contribution in [0.15, 0.2) is 12.4 Å². The summed E-state index contributed by atoms with van der Waals surface area (Å²) in [4.78, 5) is 11.0. The average Bonchev–Trinajstić information content (AvgIpc) is 2.64. The van der Waals surface area contributed by atoms with Crippen LogP contribution in [0.1, 0.15) is 31.4 Å². The number of nitrogens with one attached hydrogen (secondary N) is 1. The van der Waals surface area contributed by atoms with Gasteiger partial charge in [0.05, 0.1) is 24.7 Å². The second kappa shape index (κ2) is 6.66. The van der Waals surface area contributed by atoms with E-state index in [-0.39, 0.29) is 12.6 Å². The molecule has 1 unspecified atom stereocenters. The van der Waals surface area contributed by atoms with Crippen molar-refractivity contribution >= 4 is 5.82 Å². The highest BCUT2D eigenvalue weighted by atomic mass is 16.3. The maximum Gasteiger partial charge on any atom is 0.144 e. The molecule has 2 heterocycles. The summed E-state index contributed by atoms with van der Waals surface area (Å²) in [5, 5.41) is 12.4. The van der Waals surface area contributed by atoms with Gasteiger partial charge >= 0.3 is 0 Å². The first kappa shape index (κ1) is 13.2. The standard InChI is InChI=1S/C13H22N4O/c1-14-13-8-15-11(7-16-13)9-17-6-4-2-3-5-12(17)10-18/h7-8,12,18H,2-6,9-10H2,1H3,(H,14,16). The summed E-state index contributed by atoms with van der Waals surface area (Å²) >= 11 is 0. The van der Waals surface area contributed by atoms with E-state index in [4.69, 9.17) is 0 Å². The molecule has 100 valence electrons. The topological polar surface area (TPSA) is 61.3 Å². The molecule has 0 saturated carbocycles. The van der Waals surface area contributed by atoms with Gasteiger partial charge in [0.15, 0.2) is 0 Å². The predicted octanol–water partition coefficient (Wildman–Crippen LogP) is 1.26. The summed E-state index contributed by atoms with van der Waals surface area (Å²) in [5.74, 6) is 0.785. The Morgan fingerprint density at radius 1 is 1.33 bits per heavy atom. The number of aliphatic hydroxyl groups excluding tert-OH is 1. The zero-order chi connectivity index (χ0) is 12.8. The Kier molecular flexibility index (Phi) is 4.90. The van der Waals surface area contributed by atoms with Crippen molar-refractivity contribution in [3.63, 3.8) is 0 Å². The van der Waals surface area contributed by atoms with Gasteiger partial charge in [-0.2, -0.15) is 0 Å². The van der Waals surface area contributed by atoms with Crippen molar-refractivity contribution in [2.24, 2.45) is 0 Å². The Balaban J connectivity index is 2.00. The fourth-order valence-electron chi connectivity index (χ4n) is 2.43. The van der Waals surface area contributed by atoms with Crippen LogP contribution in [-0.2, 0) is 6.54 Å². The van der Waals surface area contributed by atoms with E-state index in [2.05, 4.69) is 20.2 Å². The van der Waals surface area contributed by atoms with Crippen LogP contribution in [0.4, 0.5) is 5.82 Å². The molecule has 0 amide bonds. The number of hydrogen-bond donors (Lipinski definition) is 2. The van der Waals surface area contributed by atoms with Crippen LogP contribution in [-0.4, -0.2) is 46.2 Å². The smallest absolute Gasteiger partial charge is 0.144 e. The highest BCUT2D eigenvalue weighted by molar-refractivity contribution is 5.29. The third kappa shape index (κ3) is 3.40. The van der Waals surface area contributed by atoms with Crippen molar-refractivity contribution in [1.82, 2.24) is 14.9 Å². The van der Waals surface area contributed by atoms with E-state index in [1.807, 2.05) is 13.2 Å². The van der Waals surface area contributed by atoms with Gasteiger partial charge in [0.1, 0.15) is 5.82 Å². The van der Waals surface area contributed by atoms with Crippen molar-refractivity contribution in [1.29, 1.82) is 0 Å². The molecule has 0 aliphatic carbocycles. The zero-order valence-electron chi connectivity index (χ0n) is 11.0. The van der Waals surface area contributed by atoms with E-state index in [1.54, 1.807) is 6.20 Å². The number of hydrogen-bond acceptors (Lipinski definition) is 5. The first-order chi connectivity index (χ1) is 8.83. The molecule has 1 aliphatic heterocycles. The lowest BCUT2D eigenvalue weighted by Gasteiger charge is -2.27. The largest absolute Gasteiger partial charge is 0.395 e. The number of nitrogens with zero attached hydrogens (tertiary/aromatic N) is 3. The maximum atomic E-state index is 9.46. The van der Waals surface area contributed by atoms with E-state index < -0.39 is 0 Å². The number of rotatable bonds is 4. The normalized spacial score (nSPS) is 21.6. The molecule has 0 spiro atoms. The van der Waals surface area contributed by atoms with Gasteiger partial charge in [0, 0.05) is 19.6 Å². The summed E-state index contributed by atoms with van der Waals surface area (Å²) in [6.45, 7) is 2.06. The van der Waals surface area contributed by atoms with Gasteiger partial charge in [-0.15, -0.1) is 0 Å². The van der Waals surface area contributed by atoms with Gasteiger partial charge in [-0.25, -0.2) is 4.98 Å². The molecule has 5 heteroatoms. The minimum atomic E-state index is 0.238. The van der Waals surface area contributed by atoms with E-state index in [9.17, 15) is 5.11 Å². The molecule has 1 fully saturated rings. The van der Waals surface area contributed by atoms with Gasteiger partial charge in [-0.05, 0) is 19.4 Å². The Hall–Kier alpha value is -1.20. The van der Waals surface area contributed by atoms with Crippen LogP contribution in [0.25, 0.3) is 0 Å². The monoisotopic (exact) mass is 250 g/mol. The minimum absolute atomic E-state index is 0.238. The summed E-state index contributed by atoms with van der Waals surface area (Å²) in [7, 11) is 1.83. The molecule has 1 aromatic heterocycles. The third-order valence-corrected chi connectivity index (χ3v) is 3.54. The highest BCUT2D eigenvalue weighted by Gasteiger charge is 2.20. The number of anilines is 1. The highest BCUT2D eigenvalue weighted by Crippen LogP contribution is 2.18. The lowest BCUT2D eigenvalue weighted by molar-refractivity contribution is 0.117. The van der Waals surface area contributed by atoms with Gasteiger partial charge in [-0.3, -0.25) is 9.88 Å². The lowest BCUT2D eigenvalue weighted by atomic mass is 10.1. The fraction of sp³-hybridized carbons (Fsp3) is 0.692. The van der Waals surface area contributed by atoms with E-state index in [0.29, 0.717) is 0 Å². The third-order valence-electron chi connectivity index (χ3n) is 3.54.